The molecule has 0 bridgehead atoms. The number of hydrogen-bond donors (Lipinski definition) is 4. The molecule has 3 aromatic carbocycles. The second kappa shape index (κ2) is 29.3. The zero-order valence-corrected chi connectivity index (χ0v) is 46.9. The van der Waals surface area contributed by atoms with Crippen LogP contribution < -0.4 is 11.1 Å². The molecule has 0 saturated heterocycles. The fourth-order valence-corrected chi connectivity index (χ4v) is 8.75. The summed E-state index contributed by atoms with van der Waals surface area (Å²) in [7, 11) is 0. The maximum atomic E-state index is 14.5. The van der Waals surface area contributed by atoms with Crippen molar-refractivity contribution in [3.63, 3.8) is 0 Å². The Labute approximate surface area is 498 Å². The maximum Gasteiger partial charge on any atom is 0.342 e. The standard InChI is InChI=1S/C23H19ClFN7O.C17H12ClFN4O2.C10H7ClFNO.C7H7N3O2.CH4/c1-12-3-21(27)31-13(2)17(12)9-29-23(33)18-10-30-32(20(18)7-26)11-14-4-15-6-16(24)8-28-22(15)19(25)5-14;1-2-25-17(24)13-8-22-23(15(13)6-20)9-10-3-11-5-12(18)7-21-16(11)14(19)4-10;11-8-3-7-1-6(5-14)2-9(12)10(7)13-4-8;1-2-12-7(11)5-4-9-10-6(5)3-8;/h3-6,8,10H,9,11H2,1-2H3,(H2,27,31)(H,29,33);3-5,7-8H,2,9H2,1H3;1-4,14H,5H2;4H,2H2,1H3,(H,9,10);1H4. The molecule has 0 spiro atoms. The number of aliphatic hydroxyl groups excluding tert-OH is 1. The van der Waals surface area contributed by atoms with Gasteiger partial charge in [-0.25, -0.2) is 37.1 Å². The number of amides is 1. The van der Waals surface area contributed by atoms with E-state index in [-0.39, 0.29) is 97.2 Å². The minimum absolute atomic E-state index is 0. The van der Waals surface area contributed by atoms with Gasteiger partial charge < -0.3 is 25.6 Å². The average Bonchev–Trinajstić information content (AvgIpc) is 4.12. The van der Waals surface area contributed by atoms with Gasteiger partial charge in [0, 0.05) is 47.0 Å². The largest absolute Gasteiger partial charge is 0.462 e. The van der Waals surface area contributed by atoms with Gasteiger partial charge in [0.1, 0.15) is 74.8 Å². The highest BCUT2D eigenvalue weighted by Crippen LogP contribution is 2.26. The molecular weight excluding hydrogens is 1170 g/mol. The second-order valence-corrected chi connectivity index (χ2v) is 19.1. The van der Waals surface area contributed by atoms with Crippen LogP contribution in [-0.2, 0) is 35.7 Å². The number of halogens is 6. The third-order valence-electron chi connectivity index (χ3n) is 12.0. The van der Waals surface area contributed by atoms with Crippen LogP contribution in [0.1, 0.15) is 103 Å². The van der Waals surface area contributed by atoms with E-state index in [0.717, 1.165) is 16.8 Å². The van der Waals surface area contributed by atoms with Crippen molar-refractivity contribution in [2.24, 2.45) is 0 Å². The molecule has 10 rings (SSSR count). The molecule has 0 unspecified atom stereocenters. The number of aromatic amines is 1. The number of aliphatic hydroxyl groups is 1. The summed E-state index contributed by atoms with van der Waals surface area (Å²) in [6, 6.07) is 21.3. The highest BCUT2D eigenvalue weighted by molar-refractivity contribution is 6.31. The van der Waals surface area contributed by atoms with Crippen LogP contribution in [0.2, 0.25) is 15.1 Å². The lowest BCUT2D eigenvalue weighted by atomic mass is 10.1. The Morgan fingerprint density at radius 3 is 1.54 bits per heavy atom. The summed E-state index contributed by atoms with van der Waals surface area (Å²) >= 11 is 17.6. The summed E-state index contributed by atoms with van der Waals surface area (Å²) in [5, 5.41) is 56.2. The summed E-state index contributed by atoms with van der Waals surface area (Å²) in [6.45, 7) is 7.79. The van der Waals surface area contributed by atoms with Gasteiger partial charge in [0.25, 0.3) is 5.91 Å². The van der Waals surface area contributed by atoms with E-state index in [1.807, 2.05) is 26.0 Å². The van der Waals surface area contributed by atoms with Crippen molar-refractivity contribution in [1.29, 1.82) is 15.8 Å². The number of nitrogens with zero attached hydrogens (tertiary/aromatic N) is 12. The van der Waals surface area contributed by atoms with E-state index in [2.05, 4.69) is 50.4 Å². The predicted octanol–water partition coefficient (Wildman–Crippen LogP) is 10.6. The molecule has 0 radical (unpaired) electrons. The van der Waals surface area contributed by atoms with E-state index >= 15 is 0 Å². The third kappa shape index (κ3) is 15.7. The topological polar surface area (TPSA) is 315 Å². The first-order valence-electron chi connectivity index (χ1n) is 24.8. The van der Waals surface area contributed by atoms with E-state index in [1.165, 1.54) is 64.7 Å². The number of pyridine rings is 4. The van der Waals surface area contributed by atoms with E-state index in [0.29, 0.717) is 53.7 Å². The predicted molar refractivity (Wildman–Crippen MR) is 309 cm³/mol. The van der Waals surface area contributed by atoms with Gasteiger partial charge >= 0.3 is 11.9 Å². The molecule has 27 heteroatoms. The van der Waals surface area contributed by atoms with E-state index in [4.69, 9.17) is 55.6 Å². The average molecular weight is 1220 g/mol. The monoisotopic (exact) mass is 1210 g/mol. The number of ether oxygens (including phenoxy) is 2. The first kappa shape index (κ1) is 64.1. The molecule has 21 nitrogen and oxygen atoms in total. The normalized spacial score (nSPS) is 10.4. The quantitative estimate of drug-likeness (QED) is 0.0826. The highest BCUT2D eigenvalue weighted by Gasteiger charge is 2.21. The maximum absolute atomic E-state index is 14.5. The van der Waals surface area contributed by atoms with Crippen molar-refractivity contribution in [2.45, 2.75) is 61.4 Å². The number of carbonyl (C=O) groups excluding carboxylic acids is 3. The molecule has 1 amide bonds. The number of aromatic nitrogens is 10. The van der Waals surface area contributed by atoms with Crippen LogP contribution in [0.3, 0.4) is 0 Å². The van der Waals surface area contributed by atoms with Gasteiger partial charge in [-0.05, 0) is 116 Å². The second-order valence-electron chi connectivity index (χ2n) is 17.7. The smallest absolute Gasteiger partial charge is 0.342 e. The van der Waals surface area contributed by atoms with Crippen LogP contribution in [0, 0.1) is 65.3 Å². The Bertz CT molecular complexity index is 4250. The van der Waals surface area contributed by atoms with Crippen LogP contribution in [0.4, 0.5) is 19.0 Å². The summed E-state index contributed by atoms with van der Waals surface area (Å²) in [5.74, 6) is -2.63. The highest BCUT2D eigenvalue weighted by atomic mass is 35.5. The Hall–Kier alpha value is -10.0. The number of nitrogens with two attached hydrogens (primary N) is 1. The molecule has 434 valence electrons. The van der Waals surface area contributed by atoms with Crippen LogP contribution in [-0.4, -0.2) is 85.9 Å². The number of hydrogen-bond acceptors (Lipinski definition) is 17. The van der Waals surface area contributed by atoms with E-state index in [9.17, 15) is 38.1 Å². The van der Waals surface area contributed by atoms with E-state index in [1.54, 1.807) is 62.4 Å². The number of nitrogens with one attached hydrogen (secondary N) is 2. The van der Waals surface area contributed by atoms with Crippen molar-refractivity contribution in [3.8, 4) is 18.2 Å². The summed E-state index contributed by atoms with van der Waals surface area (Å²) in [5.41, 5.74) is 11.2. The molecule has 0 aliphatic rings. The summed E-state index contributed by atoms with van der Waals surface area (Å²) < 4.78 is 54.3. The number of benzene rings is 3. The molecule has 7 aromatic heterocycles. The van der Waals surface area contributed by atoms with Crippen molar-refractivity contribution in [3.05, 3.63) is 198 Å². The zero-order chi connectivity index (χ0) is 60.8. The first-order chi connectivity index (χ1) is 40.3. The van der Waals surface area contributed by atoms with Crippen molar-refractivity contribution >= 4 is 91.2 Å². The van der Waals surface area contributed by atoms with Crippen molar-refractivity contribution in [1.82, 2.24) is 55.0 Å². The van der Waals surface area contributed by atoms with Gasteiger partial charge in [-0.2, -0.15) is 31.1 Å². The SMILES string of the molecule is C.CCOC(=O)c1cn[nH]c1C#N.CCOC(=O)c1cnn(Cc2cc(F)c3ncc(Cl)cc3c2)c1C#N.Cc1cc(N)nc(C)c1CNC(=O)c1cnn(Cc2cc(F)c3ncc(Cl)cc3c2)c1C#N.OCc1cc(F)c2ncc(Cl)cc2c1. The van der Waals surface area contributed by atoms with Gasteiger partial charge in [-0.15, -0.1) is 0 Å². The van der Waals surface area contributed by atoms with Gasteiger partial charge in [0.2, 0.25) is 0 Å². The molecule has 0 aliphatic heterocycles. The van der Waals surface area contributed by atoms with Crippen LogP contribution in [0.15, 0.2) is 97.8 Å². The van der Waals surface area contributed by atoms with Crippen LogP contribution in [0.25, 0.3) is 32.7 Å². The Morgan fingerprint density at radius 1 is 0.647 bits per heavy atom. The summed E-state index contributed by atoms with van der Waals surface area (Å²) in [6.07, 6.45) is 8.01. The Kier molecular flexibility index (Phi) is 22.1. The van der Waals surface area contributed by atoms with Gasteiger partial charge in [0.15, 0.2) is 11.4 Å². The molecule has 7 heterocycles. The van der Waals surface area contributed by atoms with Crippen LogP contribution >= 0.6 is 34.8 Å². The molecular formula is C58H49Cl3F3N15O6. The number of esters is 2. The van der Waals surface area contributed by atoms with Gasteiger partial charge in [-0.3, -0.25) is 24.8 Å². The molecule has 10 aromatic rings. The fraction of sp³-hybridized carbons (Fsp3) is 0.190. The summed E-state index contributed by atoms with van der Waals surface area (Å²) in [4.78, 5) is 51.7. The number of rotatable bonds is 12. The van der Waals surface area contributed by atoms with Gasteiger partial charge in [0.05, 0.1) is 72.1 Å². The number of nitrogen functional groups attached to an aromatic ring is 1. The Morgan fingerprint density at radius 2 is 1.09 bits per heavy atom. The number of carbonyl (C=O) groups is 3. The number of nitriles is 3. The van der Waals surface area contributed by atoms with E-state index < -0.39 is 35.3 Å². The molecule has 0 atom stereocenters. The molecule has 0 saturated carbocycles. The minimum Gasteiger partial charge on any atom is -0.462 e. The fourth-order valence-electron chi connectivity index (χ4n) is 8.26. The van der Waals surface area contributed by atoms with Crippen LogP contribution in [0.5, 0.6) is 0 Å². The van der Waals surface area contributed by atoms with Crippen molar-refractivity contribution in [2.75, 3.05) is 18.9 Å². The van der Waals surface area contributed by atoms with Gasteiger partial charge in [-0.1, -0.05) is 42.2 Å². The third-order valence-corrected chi connectivity index (χ3v) is 12.6. The molecule has 0 fully saturated rings. The minimum atomic E-state index is -0.619. The molecule has 0 aliphatic carbocycles. The molecule has 85 heavy (non-hydrogen) atoms. The Balaban J connectivity index is 0.000000195. The zero-order valence-electron chi connectivity index (χ0n) is 44.7. The lowest BCUT2D eigenvalue weighted by molar-refractivity contribution is 0.0516. The number of fused-ring (bicyclic) bond motifs is 3. The number of aryl methyl sites for hydroxylation is 2. The molecule has 5 N–H and O–H groups in total. The van der Waals surface area contributed by atoms with Crippen molar-refractivity contribution < 1.29 is 42.1 Å². The number of H-pyrrole nitrogens is 1. The number of anilines is 1. The lowest BCUT2D eigenvalue weighted by Gasteiger charge is -2.11. The first-order valence-corrected chi connectivity index (χ1v) is 25.9. The lowest BCUT2D eigenvalue weighted by Crippen LogP contribution is -2.24.